The summed E-state index contributed by atoms with van der Waals surface area (Å²) >= 11 is 0. The number of carbonyl (C=O) groups excluding carboxylic acids is 3. The first-order valence-electron chi connectivity index (χ1n) is 20.8. The Hall–Kier alpha value is -5.64. The quantitative estimate of drug-likeness (QED) is 0.0268. The molecule has 3 aromatic heterocycles. The maximum Gasteiger partial charge on any atom is 0.472 e. The number of aromatic nitrogens is 6. The fourth-order valence-electron chi connectivity index (χ4n) is 6.96. The van der Waals surface area contributed by atoms with Gasteiger partial charge in [-0.25, -0.2) is 43.3 Å². The number of phosphoric acid groups is 2. The van der Waals surface area contributed by atoms with Gasteiger partial charge >= 0.3 is 39.5 Å². The van der Waals surface area contributed by atoms with Gasteiger partial charge in [0.15, 0.2) is 23.8 Å². The van der Waals surface area contributed by atoms with Crippen LogP contribution in [0.3, 0.4) is 0 Å². The highest BCUT2D eigenvalue weighted by atomic mass is 31.2. The number of phosphoric ester groups is 2. The number of nitrogens with zero attached hydrogens (tertiary/aromatic N) is 6. The SMILES string of the molecule is CC(C)(C)OC(=O)N[C@@H](CCCCNC(=O)OCc1ccccc1)C(=O)O[C@H]1[C@@H](O)[C@H](n2cnc3c(N)ncnc32)O[C@@H]1COP(=O)(O)O[C@H]1CC(n2ccc(N)nc2=O)O[C@@H]1COP(=O)(O)O. The molecule has 0 saturated carbocycles. The van der Waals surface area contributed by atoms with Gasteiger partial charge < -0.3 is 65.6 Å². The molecule has 0 radical (unpaired) electrons. The number of nitrogen functional groups attached to an aromatic ring is 2. The molecule has 2 saturated heterocycles. The third-order valence-corrected chi connectivity index (χ3v) is 11.5. The number of hydrogen-bond donors (Lipinski definition) is 8. The maximum atomic E-state index is 14.0. The van der Waals surface area contributed by atoms with Crippen molar-refractivity contribution in [2.24, 2.45) is 0 Å². The standard InChI is InChI=1S/C38H52N10O18P2/c1-38(2,3)65-37(53)45-22(11-7-8-13-41-36(52)59-16-21-9-5-4-6-10-21)34(50)64-30-25(63-33(29(30)49)48-20-44-28-31(40)42-19-43-32(28)48)18-61-68(57,58)66-23-15-27(47-14-12-26(39)46-35(47)51)62-24(23)17-60-67(54,55)56/h4-6,9-10,12,14,19-20,22-25,27,29-30,33,49H,7-8,11,13,15-18H2,1-3H3,(H,41,52)(H,45,53)(H,57,58)(H2,39,46,51)(H2,40,42,43)(H2,54,55,56)/t22-,23-,24+,25+,27?,29+,30+,33+/m0/s1. The normalized spacial score (nSPS) is 23.1. The van der Waals surface area contributed by atoms with Crippen molar-refractivity contribution < 1.29 is 80.6 Å². The van der Waals surface area contributed by atoms with Crippen LogP contribution in [0, 0.1) is 0 Å². The molecule has 2 aliphatic rings. The number of nitrogens with two attached hydrogens (primary N) is 2. The van der Waals surface area contributed by atoms with Crippen molar-refractivity contribution in [2.45, 2.75) is 108 Å². The lowest BCUT2D eigenvalue weighted by Crippen LogP contribution is -2.47. The summed E-state index contributed by atoms with van der Waals surface area (Å²) in [5.74, 6) is -1.23. The second-order valence-corrected chi connectivity index (χ2v) is 19.0. The first kappa shape index (κ1) is 51.7. The Labute approximate surface area is 386 Å². The Balaban J connectivity index is 1.17. The van der Waals surface area contributed by atoms with Crippen LogP contribution in [0.2, 0.25) is 0 Å². The number of alkyl carbamates (subject to hydrolysis) is 2. The molecule has 2 aliphatic heterocycles. The van der Waals surface area contributed by atoms with Gasteiger partial charge in [-0.1, -0.05) is 30.3 Å². The van der Waals surface area contributed by atoms with Crippen LogP contribution < -0.4 is 27.8 Å². The number of imidazole rings is 1. The van der Waals surface area contributed by atoms with E-state index in [1.165, 1.54) is 23.2 Å². The van der Waals surface area contributed by atoms with E-state index < -0.39 is 107 Å². The number of fused-ring (bicyclic) bond motifs is 1. The molecule has 2 fully saturated rings. The van der Waals surface area contributed by atoms with Crippen molar-refractivity contribution in [1.29, 1.82) is 0 Å². The van der Waals surface area contributed by atoms with E-state index in [1.54, 1.807) is 45.0 Å². The van der Waals surface area contributed by atoms with Crippen molar-refractivity contribution in [3.8, 4) is 0 Å². The van der Waals surface area contributed by atoms with E-state index in [0.29, 0.717) is 6.42 Å². The molecular formula is C38H52N10O18P2. The lowest BCUT2D eigenvalue weighted by molar-refractivity contribution is -0.159. The summed E-state index contributed by atoms with van der Waals surface area (Å²) in [4.78, 5) is 97.4. The molecule has 68 heavy (non-hydrogen) atoms. The van der Waals surface area contributed by atoms with Crippen molar-refractivity contribution >= 4 is 56.6 Å². The van der Waals surface area contributed by atoms with Gasteiger partial charge in [0, 0.05) is 19.2 Å². The molecule has 0 aliphatic carbocycles. The number of aliphatic hydroxyl groups is 1. The molecule has 30 heteroatoms. The fraction of sp³-hybridized carbons (Fsp3) is 0.526. The van der Waals surface area contributed by atoms with Crippen LogP contribution in [0.15, 0.2) is 60.0 Å². The predicted octanol–water partition coefficient (Wildman–Crippen LogP) is 1.31. The minimum absolute atomic E-state index is 0.0158. The average Bonchev–Trinajstić information content (AvgIpc) is 3.95. The van der Waals surface area contributed by atoms with E-state index in [2.05, 4.69) is 35.1 Å². The van der Waals surface area contributed by atoms with Crippen LogP contribution in [0.1, 0.15) is 64.5 Å². The molecule has 10 N–H and O–H groups in total. The van der Waals surface area contributed by atoms with E-state index in [1.807, 2.05) is 6.07 Å². The fourth-order valence-corrected chi connectivity index (χ4v) is 8.26. The highest BCUT2D eigenvalue weighted by Gasteiger charge is 2.50. The molecular weight excluding hydrogens is 946 g/mol. The van der Waals surface area contributed by atoms with Crippen LogP contribution in [0.4, 0.5) is 21.2 Å². The van der Waals surface area contributed by atoms with Crippen molar-refractivity contribution in [3.63, 3.8) is 0 Å². The van der Waals surface area contributed by atoms with Gasteiger partial charge in [-0.2, -0.15) is 4.98 Å². The lowest BCUT2D eigenvalue weighted by Gasteiger charge is -2.26. The third-order valence-electron chi connectivity index (χ3n) is 10.0. The molecule has 2 amide bonds. The maximum absolute atomic E-state index is 14.0. The van der Waals surface area contributed by atoms with E-state index in [-0.39, 0.29) is 55.2 Å². The number of anilines is 2. The zero-order chi connectivity index (χ0) is 49.4. The van der Waals surface area contributed by atoms with E-state index in [4.69, 9.17) is 44.2 Å². The van der Waals surface area contributed by atoms with Crippen LogP contribution >= 0.6 is 15.6 Å². The Bertz CT molecular complexity index is 2540. The van der Waals surface area contributed by atoms with Crippen molar-refractivity contribution in [1.82, 2.24) is 39.7 Å². The molecule has 4 aromatic rings. The number of rotatable bonds is 20. The zero-order valence-electron chi connectivity index (χ0n) is 36.7. The zero-order valence-corrected chi connectivity index (χ0v) is 38.5. The molecule has 1 aromatic carbocycles. The van der Waals surface area contributed by atoms with Crippen LogP contribution in [-0.2, 0) is 57.8 Å². The first-order chi connectivity index (χ1) is 32.1. The van der Waals surface area contributed by atoms with Crippen LogP contribution in [0.5, 0.6) is 0 Å². The minimum atomic E-state index is -5.27. The van der Waals surface area contributed by atoms with Gasteiger partial charge in [0.05, 0.1) is 19.5 Å². The predicted molar refractivity (Wildman–Crippen MR) is 231 cm³/mol. The number of benzene rings is 1. The molecule has 0 bridgehead atoms. The summed E-state index contributed by atoms with van der Waals surface area (Å²) in [7, 11) is -10.4. The molecule has 5 heterocycles. The number of nitrogens with one attached hydrogen (secondary N) is 2. The number of esters is 1. The smallest absolute Gasteiger partial charge is 0.455 e. The highest BCUT2D eigenvalue weighted by Crippen LogP contribution is 2.50. The first-order valence-corrected chi connectivity index (χ1v) is 23.9. The summed E-state index contributed by atoms with van der Waals surface area (Å²) in [6, 6.07) is 8.88. The van der Waals surface area contributed by atoms with Gasteiger partial charge in [-0.15, -0.1) is 0 Å². The van der Waals surface area contributed by atoms with Crippen LogP contribution in [0.25, 0.3) is 11.2 Å². The van der Waals surface area contributed by atoms with E-state index in [9.17, 15) is 48.1 Å². The molecule has 372 valence electrons. The summed E-state index contributed by atoms with van der Waals surface area (Å²) in [6.07, 6.45) is -8.74. The lowest BCUT2D eigenvalue weighted by atomic mass is 10.1. The largest absolute Gasteiger partial charge is 0.472 e. The van der Waals surface area contributed by atoms with Gasteiger partial charge in [0.25, 0.3) is 0 Å². The van der Waals surface area contributed by atoms with Gasteiger partial charge in [0.2, 0.25) is 0 Å². The molecule has 28 nitrogen and oxygen atoms in total. The van der Waals surface area contributed by atoms with Gasteiger partial charge in [0.1, 0.15) is 66.6 Å². The van der Waals surface area contributed by atoms with Crippen molar-refractivity contribution in [2.75, 3.05) is 31.2 Å². The molecule has 0 spiro atoms. The van der Waals surface area contributed by atoms with Crippen LogP contribution in [-0.4, -0.2) is 129 Å². The Morgan fingerprint density at radius 3 is 2.40 bits per heavy atom. The summed E-state index contributed by atoms with van der Waals surface area (Å²) in [5, 5.41) is 16.8. The van der Waals surface area contributed by atoms with E-state index >= 15 is 0 Å². The number of aliphatic hydroxyl groups excluding tert-OH is 1. The summed E-state index contributed by atoms with van der Waals surface area (Å²) in [5.41, 5.74) is 10.7. The molecule has 6 rings (SSSR count). The second kappa shape index (κ2) is 22.2. The highest BCUT2D eigenvalue weighted by molar-refractivity contribution is 7.47. The summed E-state index contributed by atoms with van der Waals surface area (Å²) < 4.78 is 70.9. The third kappa shape index (κ3) is 14.4. The van der Waals surface area contributed by atoms with Gasteiger partial charge in [-0.05, 0) is 51.7 Å². The molecule has 2 unspecified atom stereocenters. The Morgan fingerprint density at radius 2 is 1.69 bits per heavy atom. The number of unbranched alkanes of at least 4 members (excludes halogenated alkanes) is 1. The number of carbonyl (C=O) groups is 3. The van der Waals surface area contributed by atoms with E-state index in [0.717, 1.165) is 16.5 Å². The Morgan fingerprint density at radius 1 is 0.956 bits per heavy atom. The topological polar surface area (TPSA) is 395 Å². The monoisotopic (exact) mass is 998 g/mol. The number of amides is 2. The second-order valence-electron chi connectivity index (χ2n) is 16.3. The number of ether oxygens (including phenoxy) is 5. The molecule has 9 atom stereocenters. The minimum Gasteiger partial charge on any atom is -0.455 e. The number of hydrogen-bond acceptors (Lipinski definition) is 21. The van der Waals surface area contributed by atoms with Crippen molar-refractivity contribution in [3.05, 3.63) is 71.3 Å². The van der Waals surface area contributed by atoms with Gasteiger partial charge in [-0.3, -0.25) is 22.7 Å². The Kier molecular flexibility index (Phi) is 16.9. The average molecular weight is 999 g/mol. The summed E-state index contributed by atoms with van der Waals surface area (Å²) in [6.45, 7) is 3.20.